The molecule has 0 spiro atoms. The number of rotatable bonds is 2. The molecule has 0 aromatic heterocycles. The third kappa shape index (κ3) is 2.14. The lowest BCUT2D eigenvalue weighted by molar-refractivity contribution is -0.0517. The lowest BCUT2D eigenvalue weighted by atomic mass is 9.95. The Kier molecular flexibility index (Phi) is 2.80. The van der Waals surface area contributed by atoms with Crippen molar-refractivity contribution in [3.05, 3.63) is 23.8 Å². The maximum Gasteiger partial charge on any atom is 0.387 e. The third-order valence-corrected chi connectivity index (χ3v) is 1.29. The van der Waals surface area contributed by atoms with Crippen LogP contribution in [0.5, 0.6) is 5.75 Å². The van der Waals surface area contributed by atoms with Crippen LogP contribution >= 0.6 is 0 Å². The Morgan fingerprint density at radius 1 is 1.23 bits per heavy atom. The standard InChI is InChI=1S/C7H3BF4O/c8-3-1-2-4(9)5(10)6(3)13-7(11)12/h1-2,7H. The molecule has 1 aromatic rings. The van der Waals surface area contributed by atoms with Gasteiger partial charge in [-0.2, -0.15) is 13.2 Å². The number of halogens is 4. The first-order chi connectivity index (χ1) is 6.02. The maximum absolute atomic E-state index is 12.7. The molecule has 0 aliphatic carbocycles. The van der Waals surface area contributed by atoms with Gasteiger partial charge in [-0.05, 0) is 6.07 Å². The first-order valence-electron chi connectivity index (χ1n) is 3.20. The second-order valence-corrected chi connectivity index (χ2v) is 2.16. The van der Waals surface area contributed by atoms with Crippen LogP contribution in [0, 0.1) is 11.6 Å². The fourth-order valence-corrected chi connectivity index (χ4v) is 0.756. The summed E-state index contributed by atoms with van der Waals surface area (Å²) in [6.07, 6.45) is 0. The second-order valence-electron chi connectivity index (χ2n) is 2.16. The van der Waals surface area contributed by atoms with Crippen LogP contribution in [0.15, 0.2) is 12.1 Å². The summed E-state index contributed by atoms with van der Waals surface area (Å²) in [5, 5.41) is 0. The highest BCUT2D eigenvalue weighted by molar-refractivity contribution is 6.34. The molecule has 13 heavy (non-hydrogen) atoms. The minimum atomic E-state index is -3.24. The summed E-state index contributed by atoms with van der Waals surface area (Å²) in [5.41, 5.74) is -0.376. The van der Waals surface area contributed by atoms with E-state index in [0.717, 1.165) is 12.1 Å². The van der Waals surface area contributed by atoms with Crippen molar-refractivity contribution in [2.24, 2.45) is 0 Å². The van der Waals surface area contributed by atoms with E-state index in [4.69, 9.17) is 7.85 Å². The minimum absolute atomic E-state index is 0.376. The first kappa shape index (κ1) is 9.89. The van der Waals surface area contributed by atoms with Crippen LogP contribution in [-0.4, -0.2) is 14.5 Å². The summed E-state index contributed by atoms with van der Waals surface area (Å²) in [7, 11) is 5.07. The Hall–Kier alpha value is -1.20. The molecule has 1 aromatic carbocycles. The van der Waals surface area contributed by atoms with Crippen molar-refractivity contribution >= 4 is 13.3 Å². The summed E-state index contributed by atoms with van der Waals surface area (Å²) >= 11 is 0. The zero-order valence-electron chi connectivity index (χ0n) is 6.23. The molecule has 68 valence electrons. The predicted octanol–water partition coefficient (Wildman–Crippen LogP) is 1.36. The van der Waals surface area contributed by atoms with Gasteiger partial charge in [0.05, 0.1) is 0 Å². The first-order valence-corrected chi connectivity index (χ1v) is 3.20. The highest BCUT2D eigenvalue weighted by Crippen LogP contribution is 2.18. The van der Waals surface area contributed by atoms with Crippen LogP contribution in [0.2, 0.25) is 0 Å². The SMILES string of the molecule is [B]c1ccc(F)c(F)c1OC(F)F. The highest BCUT2D eigenvalue weighted by atomic mass is 19.3. The van der Waals surface area contributed by atoms with Crippen LogP contribution in [0.3, 0.4) is 0 Å². The van der Waals surface area contributed by atoms with E-state index in [1.807, 2.05) is 0 Å². The fourth-order valence-electron chi connectivity index (χ4n) is 0.756. The molecule has 0 N–H and O–H groups in total. The number of alkyl halides is 2. The summed E-state index contributed by atoms with van der Waals surface area (Å²) in [5.74, 6) is -3.76. The molecular formula is C7H3BF4O. The molecule has 0 amide bonds. The molecule has 0 fully saturated rings. The minimum Gasteiger partial charge on any atom is -0.432 e. The van der Waals surface area contributed by atoms with Crippen molar-refractivity contribution in [3.8, 4) is 5.75 Å². The number of hydrogen-bond acceptors (Lipinski definition) is 1. The van der Waals surface area contributed by atoms with Crippen molar-refractivity contribution in [1.29, 1.82) is 0 Å². The van der Waals surface area contributed by atoms with Crippen molar-refractivity contribution in [1.82, 2.24) is 0 Å². The van der Waals surface area contributed by atoms with Crippen LogP contribution in [-0.2, 0) is 0 Å². The smallest absolute Gasteiger partial charge is 0.387 e. The Bertz CT molecular complexity index is 316. The molecule has 0 aliphatic heterocycles. The molecule has 0 unspecified atom stereocenters. The average molecular weight is 190 g/mol. The average Bonchev–Trinajstić information content (AvgIpc) is 2.05. The predicted molar refractivity (Wildman–Crippen MR) is 38.4 cm³/mol. The second kappa shape index (κ2) is 3.68. The summed E-state index contributed by atoms with van der Waals surface area (Å²) < 4.78 is 52.1. The summed E-state index contributed by atoms with van der Waals surface area (Å²) in [4.78, 5) is 0. The van der Waals surface area contributed by atoms with Crippen LogP contribution in [0.4, 0.5) is 17.6 Å². The quantitative estimate of drug-likeness (QED) is 0.505. The monoisotopic (exact) mass is 190 g/mol. The molecule has 1 rings (SSSR count). The van der Waals surface area contributed by atoms with Crippen molar-refractivity contribution in [2.75, 3.05) is 0 Å². The number of benzene rings is 1. The van der Waals surface area contributed by atoms with Gasteiger partial charge in [0.25, 0.3) is 0 Å². The molecule has 0 bridgehead atoms. The van der Waals surface area contributed by atoms with E-state index >= 15 is 0 Å². The van der Waals surface area contributed by atoms with Gasteiger partial charge in [-0.25, -0.2) is 4.39 Å². The fraction of sp³-hybridized carbons (Fsp3) is 0.143. The maximum atomic E-state index is 12.7. The van der Waals surface area contributed by atoms with Crippen LogP contribution in [0.1, 0.15) is 0 Å². The van der Waals surface area contributed by atoms with Crippen LogP contribution < -0.4 is 10.2 Å². The molecule has 0 atom stereocenters. The van der Waals surface area contributed by atoms with E-state index in [2.05, 4.69) is 4.74 Å². The van der Waals surface area contributed by atoms with Crippen molar-refractivity contribution in [3.63, 3.8) is 0 Å². The molecule has 0 aliphatic rings. The topological polar surface area (TPSA) is 9.23 Å². The molecule has 6 heteroatoms. The normalized spacial score (nSPS) is 10.5. The zero-order chi connectivity index (χ0) is 10.0. The largest absolute Gasteiger partial charge is 0.432 e. The van der Waals surface area contributed by atoms with Gasteiger partial charge < -0.3 is 4.74 Å². The Morgan fingerprint density at radius 3 is 2.38 bits per heavy atom. The van der Waals surface area contributed by atoms with Crippen molar-refractivity contribution in [2.45, 2.75) is 6.61 Å². The Labute approximate surface area is 72.7 Å². The Morgan fingerprint density at radius 2 is 1.85 bits per heavy atom. The van der Waals surface area contributed by atoms with Crippen molar-refractivity contribution < 1.29 is 22.3 Å². The van der Waals surface area contributed by atoms with E-state index in [1.54, 1.807) is 0 Å². The zero-order valence-corrected chi connectivity index (χ0v) is 6.23. The van der Waals surface area contributed by atoms with E-state index in [1.165, 1.54) is 0 Å². The molecule has 0 saturated carbocycles. The number of ether oxygens (including phenoxy) is 1. The molecule has 0 saturated heterocycles. The van der Waals surface area contributed by atoms with Gasteiger partial charge >= 0.3 is 6.61 Å². The molecule has 1 nitrogen and oxygen atoms in total. The van der Waals surface area contributed by atoms with Gasteiger partial charge in [-0.3, -0.25) is 0 Å². The lowest BCUT2D eigenvalue weighted by Crippen LogP contribution is -2.15. The van der Waals surface area contributed by atoms with E-state index < -0.39 is 24.0 Å². The van der Waals surface area contributed by atoms with E-state index in [0.29, 0.717) is 0 Å². The number of hydrogen-bond donors (Lipinski definition) is 0. The molecule has 0 heterocycles. The third-order valence-electron chi connectivity index (χ3n) is 1.29. The van der Waals surface area contributed by atoms with Gasteiger partial charge in [0.1, 0.15) is 7.85 Å². The van der Waals surface area contributed by atoms with Gasteiger partial charge in [-0.1, -0.05) is 11.5 Å². The van der Waals surface area contributed by atoms with E-state index in [-0.39, 0.29) is 5.46 Å². The van der Waals surface area contributed by atoms with Crippen LogP contribution in [0.25, 0.3) is 0 Å². The van der Waals surface area contributed by atoms with Gasteiger partial charge in [0.15, 0.2) is 17.4 Å². The molecule has 2 radical (unpaired) electrons. The lowest BCUT2D eigenvalue weighted by Gasteiger charge is -2.08. The summed E-state index contributed by atoms with van der Waals surface area (Å²) in [6, 6.07) is 1.67. The molecular weight excluding hydrogens is 187 g/mol. The van der Waals surface area contributed by atoms with Gasteiger partial charge in [0, 0.05) is 0 Å². The highest BCUT2D eigenvalue weighted by Gasteiger charge is 2.15. The van der Waals surface area contributed by atoms with E-state index in [9.17, 15) is 17.6 Å². The summed E-state index contributed by atoms with van der Waals surface area (Å²) in [6.45, 7) is -3.24. The van der Waals surface area contributed by atoms with Gasteiger partial charge in [0.2, 0.25) is 0 Å². The van der Waals surface area contributed by atoms with Gasteiger partial charge in [-0.15, -0.1) is 0 Å². The Balaban J connectivity index is 3.10.